The predicted molar refractivity (Wildman–Crippen MR) is 78.3 cm³/mol. The second-order valence-electron chi connectivity index (χ2n) is 6.16. The van der Waals surface area contributed by atoms with Crippen molar-refractivity contribution in [2.24, 2.45) is 5.41 Å². The normalized spacial score (nSPS) is 21.3. The fourth-order valence-corrected chi connectivity index (χ4v) is 3.41. The van der Waals surface area contributed by atoms with Crippen molar-refractivity contribution in [2.45, 2.75) is 32.1 Å². The molecular weight excluding hydrogens is 250 g/mol. The van der Waals surface area contributed by atoms with E-state index in [9.17, 15) is 4.79 Å². The molecule has 20 heavy (non-hydrogen) atoms. The number of nitrogens with zero attached hydrogens (tertiary/aromatic N) is 2. The van der Waals surface area contributed by atoms with Gasteiger partial charge in [0.1, 0.15) is 0 Å². The summed E-state index contributed by atoms with van der Waals surface area (Å²) in [7, 11) is 0. The summed E-state index contributed by atoms with van der Waals surface area (Å²) in [5, 5.41) is 3.46. The quantitative estimate of drug-likeness (QED) is 0.910. The minimum Gasteiger partial charge on any atom is -0.343 e. The van der Waals surface area contributed by atoms with Crippen LogP contribution in [-0.4, -0.2) is 42.0 Å². The van der Waals surface area contributed by atoms with Crippen LogP contribution < -0.4 is 5.32 Å². The van der Waals surface area contributed by atoms with Crippen molar-refractivity contribution >= 4 is 5.91 Å². The lowest BCUT2D eigenvalue weighted by molar-refractivity contribution is -0.133. The molecule has 2 aliphatic heterocycles. The van der Waals surface area contributed by atoms with Crippen LogP contribution in [0.25, 0.3) is 0 Å². The van der Waals surface area contributed by atoms with E-state index in [2.05, 4.69) is 15.2 Å². The molecule has 4 heteroatoms. The monoisotopic (exact) mass is 273 g/mol. The van der Waals surface area contributed by atoms with Gasteiger partial charge in [-0.1, -0.05) is 0 Å². The number of hydrogen-bond donors (Lipinski definition) is 1. The highest BCUT2D eigenvalue weighted by atomic mass is 16.2. The Morgan fingerprint density at radius 1 is 1.25 bits per heavy atom. The SMILES string of the molecule is O=C(CCc1ccncc1)N1CCC2(CCNC2)CC1. The summed E-state index contributed by atoms with van der Waals surface area (Å²) < 4.78 is 0. The third kappa shape index (κ3) is 3.01. The van der Waals surface area contributed by atoms with E-state index in [1.54, 1.807) is 12.4 Å². The number of piperidine rings is 1. The maximum Gasteiger partial charge on any atom is 0.222 e. The van der Waals surface area contributed by atoms with Crippen LogP contribution in [0.15, 0.2) is 24.5 Å². The van der Waals surface area contributed by atoms with Gasteiger partial charge in [0.25, 0.3) is 0 Å². The molecule has 2 aliphatic rings. The van der Waals surface area contributed by atoms with E-state index in [1.807, 2.05) is 12.1 Å². The Morgan fingerprint density at radius 3 is 2.65 bits per heavy atom. The molecule has 1 spiro atoms. The number of aryl methyl sites for hydroxylation is 1. The summed E-state index contributed by atoms with van der Waals surface area (Å²) in [6, 6.07) is 3.98. The van der Waals surface area contributed by atoms with Crippen LogP contribution in [0.5, 0.6) is 0 Å². The predicted octanol–water partition coefficient (Wildman–Crippen LogP) is 1.62. The molecule has 4 nitrogen and oxygen atoms in total. The molecule has 1 N–H and O–H groups in total. The molecule has 3 rings (SSSR count). The molecule has 108 valence electrons. The van der Waals surface area contributed by atoms with Gasteiger partial charge in [0.2, 0.25) is 5.91 Å². The molecule has 2 fully saturated rings. The first-order valence-electron chi connectivity index (χ1n) is 7.65. The average Bonchev–Trinajstić information content (AvgIpc) is 2.95. The summed E-state index contributed by atoms with van der Waals surface area (Å²) in [5.74, 6) is 0.308. The lowest BCUT2D eigenvalue weighted by Crippen LogP contribution is -2.44. The van der Waals surface area contributed by atoms with E-state index in [0.717, 1.165) is 32.6 Å². The lowest BCUT2D eigenvalue weighted by Gasteiger charge is -2.39. The molecule has 2 saturated heterocycles. The molecule has 3 heterocycles. The van der Waals surface area contributed by atoms with E-state index in [1.165, 1.54) is 24.8 Å². The van der Waals surface area contributed by atoms with Gasteiger partial charge in [-0.3, -0.25) is 9.78 Å². The second-order valence-corrected chi connectivity index (χ2v) is 6.16. The number of likely N-dealkylation sites (tertiary alicyclic amines) is 1. The van der Waals surface area contributed by atoms with Gasteiger partial charge in [0.15, 0.2) is 0 Å². The van der Waals surface area contributed by atoms with Crippen molar-refractivity contribution < 1.29 is 4.79 Å². The van der Waals surface area contributed by atoms with E-state index in [4.69, 9.17) is 0 Å². The number of aromatic nitrogens is 1. The van der Waals surface area contributed by atoms with Crippen molar-refractivity contribution in [2.75, 3.05) is 26.2 Å². The Kier molecular flexibility index (Phi) is 4.01. The summed E-state index contributed by atoms with van der Waals surface area (Å²) in [5.41, 5.74) is 1.68. The van der Waals surface area contributed by atoms with Crippen LogP contribution in [0.2, 0.25) is 0 Å². The van der Waals surface area contributed by atoms with Gasteiger partial charge >= 0.3 is 0 Å². The number of carbonyl (C=O) groups excluding carboxylic acids is 1. The Morgan fingerprint density at radius 2 is 2.00 bits per heavy atom. The van der Waals surface area contributed by atoms with E-state index < -0.39 is 0 Å². The van der Waals surface area contributed by atoms with E-state index >= 15 is 0 Å². The highest BCUT2D eigenvalue weighted by molar-refractivity contribution is 5.76. The molecule has 1 amide bonds. The van der Waals surface area contributed by atoms with E-state index in [0.29, 0.717) is 17.7 Å². The van der Waals surface area contributed by atoms with E-state index in [-0.39, 0.29) is 0 Å². The Hall–Kier alpha value is -1.42. The summed E-state index contributed by atoms with van der Waals surface area (Å²) in [4.78, 5) is 18.3. The molecule has 0 radical (unpaired) electrons. The fraction of sp³-hybridized carbons (Fsp3) is 0.625. The van der Waals surface area contributed by atoms with Gasteiger partial charge in [0.05, 0.1) is 0 Å². The maximum absolute atomic E-state index is 12.3. The van der Waals surface area contributed by atoms with Gasteiger partial charge in [-0.25, -0.2) is 0 Å². The van der Waals surface area contributed by atoms with Crippen molar-refractivity contribution in [1.82, 2.24) is 15.2 Å². The maximum atomic E-state index is 12.3. The molecule has 0 aliphatic carbocycles. The first kappa shape index (κ1) is 13.6. The second kappa shape index (κ2) is 5.92. The van der Waals surface area contributed by atoms with Crippen LogP contribution in [0, 0.1) is 5.41 Å². The average molecular weight is 273 g/mol. The first-order valence-corrected chi connectivity index (χ1v) is 7.65. The number of carbonyl (C=O) groups is 1. The Bertz CT molecular complexity index is 444. The molecule has 1 aromatic heterocycles. The zero-order chi connectivity index (χ0) is 13.8. The minimum absolute atomic E-state index is 0.308. The zero-order valence-corrected chi connectivity index (χ0v) is 12.0. The topological polar surface area (TPSA) is 45.2 Å². The standard InChI is InChI=1S/C16H23N3O/c20-15(2-1-14-3-8-17-9-4-14)19-11-6-16(7-12-19)5-10-18-13-16/h3-4,8-9,18H,1-2,5-7,10-13H2. The smallest absolute Gasteiger partial charge is 0.222 e. The van der Waals surface area contributed by atoms with Gasteiger partial charge in [-0.15, -0.1) is 0 Å². The first-order chi connectivity index (χ1) is 9.77. The Balaban J connectivity index is 1.47. The van der Waals surface area contributed by atoms with Gasteiger partial charge < -0.3 is 10.2 Å². The molecule has 0 atom stereocenters. The number of amides is 1. The van der Waals surface area contributed by atoms with Crippen LogP contribution >= 0.6 is 0 Å². The number of rotatable bonds is 3. The minimum atomic E-state index is 0.308. The molecule has 0 bridgehead atoms. The Labute approximate surface area is 120 Å². The summed E-state index contributed by atoms with van der Waals surface area (Å²) in [6.07, 6.45) is 8.64. The van der Waals surface area contributed by atoms with Crippen LogP contribution in [0.1, 0.15) is 31.2 Å². The number of hydrogen-bond acceptors (Lipinski definition) is 3. The van der Waals surface area contributed by atoms with Gasteiger partial charge in [0, 0.05) is 38.4 Å². The van der Waals surface area contributed by atoms with Crippen molar-refractivity contribution in [3.05, 3.63) is 30.1 Å². The largest absolute Gasteiger partial charge is 0.343 e. The highest BCUT2D eigenvalue weighted by Gasteiger charge is 2.37. The molecule has 0 unspecified atom stereocenters. The molecule has 1 aromatic rings. The van der Waals surface area contributed by atoms with Gasteiger partial charge in [-0.2, -0.15) is 0 Å². The summed E-state index contributed by atoms with van der Waals surface area (Å²) in [6.45, 7) is 4.18. The lowest BCUT2D eigenvalue weighted by atomic mass is 9.78. The van der Waals surface area contributed by atoms with Crippen molar-refractivity contribution in [3.63, 3.8) is 0 Å². The molecule has 0 saturated carbocycles. The zero-order valence-electron chi connectivity index (χ0n) is 12.0. The third-order valence-electron chi connectivity index (χ3n) is 4.89. The van der Waals surface area contributed by atoms with Crippen LogP contribution in [0.4, 0.5) is 0 Å². The number of pyridine rings is 1. The molecular formula is C16H23N3O. The van der Waals surface area contributed by atoms with Gasteiger partial charge in [-0.05, 0) is 55.3 Å². The molecule has 0 aromatic carbocycles. The highest BCUT2D eigenvalue weighted by Crippen LogP contribution is 2.36. The fourth-order valence-electron chi connectivity index (χ4n) is 3.41. The van der Waals surface area contributed by atoms with Crippen LogP contribution in [-0.2, 0) is 11.2 Å². The summed E-state index contributed by atoms with van der Waals surface area (Å²) >= 11 is 0. The third-order valence-corrected chi connectivity index (χ3v) is 4.89. The van der Waals surface area contributed by atoms with Crippen molar-refractivity contribution in [3.8, 4) is 0 Å². The number of nitrogens with one attached hydrogen (secondary N) is 1. The van der Waals surface area contributed by atoms with Crippen molar-refractivity contribution in [1.29, 1.82) is 0 Å². The van der Waals surface area contributed by atoms with Crippen LogP contribution in [0.3, 0.4) is 0 Å².